The molecule has 1 atom stereocenters. The average Bonchev–Trinajstić information content (AvgIpc) is 2.83. The molecule has 2 heterocycles. The number of aromatic nitrogens is 1. The van der Waals surface area contributed by atoms with Crippen molar-refractivity contribution in [3.63, 3.8) is 0 Å². The molecule has 2 rings (SSSR count). The van der Waals surface area contributed by atoms with E-state index < -0.39 is 10.0 Å². The fourth-order valence-electron chi connectivity index (χ4n) is 1.83. The molecule has 106 valence electrons. The van der Waals surface area contributed by atoms with Crippen molar-refractivity contribution in [2.24, 2.45) is 5.14 Å². The van der Waals surface area contributed by atoms with E-state index in [1.165, 1.54) is 6.07 Å². The van der Waals surface area contributed by atoms with Crippen LogP contribution in [-0.4, -0.2) is 32.7 Å². The maximum absolute atomic E-state index is 11.1. The van der Waals surface area contributed by atoms with E-state index in [-0.39, 0.29) is 21.9 Å². The number of hydrogen-bond acceptors (Lipinski definition) is 5. The van der Waals surface area contributed by atoms with Gasteiger partial charge in [0.25, 0.3) is 0 Å². The quantitative estimate of drug-likeness (QED) is 0.886. The Labute approximate surface area is 116 Å². The molecule has 0 aliphatic carbocycles. The first-order valence-electron chi connectivity index (χ1n) is 5.89. The molecule has 1 aromatic heterocycles. The van der Waals surface area contributed by atoms with Crippen LogP contribution >= 0.6 is 11.6 Å². The van der Waals surface area contributed by atoms with Crippen LogP contribution in [-0.2, 0) is 14.8 Å². The summed E-state index contributed by atoms with van der Waals surface area (Å²) in [6, 6.07) is 1.23. The Kier molecular flexibility index (Phi) is 4.62. The lowest BCUT2D eigenvalue weighted by Crippen LogP contribution is -2.13. The molecule has 2 N–H and O–H groups in total. The number of rotatable bonds is 5. The third-order valence-electron chi connectivity index (χ3n) is 2.81. The molecule has 1 fully saturated rings. The number of halogens is 1. The molecule has 6 nitrogen and oxygen atoms in total. The minimum Gasteiger partial charge on any atom is -0.477 e. The van der Waals surface area contributed by atoms with Gasteiger partial charge in [-0.05, 0) is 18.9 Å². The van der Waals surface area contributed by atoms with E-state index in [0.717, 1.165) is 32.1 Å². The van der Waals surface area contributed by atoms with E-state index in [2.05, 4.69) is 4.98 Å². The first-order valence-corrected chi connectivity index (χ1v) is 7.82. The van der Waals surface area contributed by atoms with Crippen molar-refractivity contribution in [1.29, 1.82) is 0 Å². The molecule has 1 aliphatic heterocycles. The van der Waals surface area contributed by atoms with Gasteiger partial charge in [-0.25, -0.2) is 18.5 Å². The van der Waals surface area contributed by atoms with Crippen LogP contribution in [0.25, 0.3) is 0 Å². The van der Waals surface area contributed by atoms with E-state index >= 15 is 0 Å². The minimum absolute atomic E-state index is 0.124. The lowest BCUT2D eigenvalue weighted by Gasteiger charge is -2.11. The molecule has 1 saturated heterocycles. The third-order valence-corrected chi connectivity index (χ3v) is 3.96. The van der Waals surface area contributed by atoms with E-state index in [0.29, 0.717) is 6.61 Å². The van der Waals surface area contributed by atoms with E-state index in [4.69, 9.17) is 26.2 Å². The van der Waals surface area contributed by atoms with Crippen LogP contribution in [0, 0.1) is 0 Å². The van der Waals surface area contributed by atoms with Gasteiger partial charge in [-0.2, -0.15) is 0 Å². The molecule has 0 spiro atoms. The Morgan fingerprint density at radius 2 is 2.37 bits per heavy atom. The second-order valence-corrected chi connectivity index (χ2v) is 6.24. The van der Waals surface area contributed by atoms with Gasteiger partial charge in [-0.3, -0.25) is 0 Å². The number of pyridine rings is 1. The van der Waals surface area contributed by atoms with Crippen LogP contribution in [0.1, 0.15) is 19.3 Å². The first-order chi connectivity index (χ1) is 8.97. The monoisotopic (exact) mass is 306 g/mol. The van der Waals surface area contributed by atoms with Crippen LogP contribution in [0.4, 0.5) is 0 Å². The largest absolute Gasteiger partial charge is 0.477 e. The summed E-state index contributed by atoms with van der Waals surface area (Å²) in [7, 11) is -3.80. The average molecular weight is 307 g/mol. The fraction of sp³-hybridized carbons (Fsp3) is 0.545. The Morgan fingerprint density at radius 1 is 1.58 bits per heavy atom. The molecule has 1 aromatic rings. The molecule has 1 aliphatic rings. The molecule has 0 amide bonds. The van der Waals surface area contributed by atoms with Gasteiger partial charge in [0.05, 0.1) is 18.9 Å². The second-order valence-electron chi connectivity index (χ2n) is 4.28. The number of primary sulfonamides is 1. The Morgan fingerprint density at radius 3 is 2.95 bits per heavy atom. The van der Waals surface area contributed by atoms with Gasteiger partial charge in [0, 0.05) is 13.0 Å². The molecule has 0 aromatic carbocycles. The standard InChI is InChI=1S/C11H15ClN2O4S/c12-10-6-9(19(13,15)16)7-14-11(10)18-5-3-8-2-1-4-17-8/h6-8H,1-5H2,(H2,13,15,16)/t8-/m1/s1. The van der Waals surface area contributed by atoms with Crippen molar-refractivity contribution in [3.8, 4) is 5.88 Å². The highest BCUT2D eigenvalue weighted by atomic mass is 35.5. The van der Waals surface area contributed by atoms with E-state index in [1.807, 2.05) is 0 Å². The molecule has 0 radical (unpaired) electrons. The SMILES string of the molecule is NS(=O)(=O)c1cnc(OCC[C@H]2CCCO2)c(Cl)c1. The summed E-state index contributed by atoms with van der Waals surface area (Å²) in [6.07, 6.45) is 4.22. The highest BCUT2D eigenvalue weighted by Gasteiger charge is 2.16. The van der Waals surface area contributed by atoms with Crippen molar-refractivity contribution in [2.45, 2.75) is 30.3 Å². The number of ether oxygens (including phenoxy) is 2. The van der Waals surface area contributed by atoms with Crippen molar-refractivity contribution in [1.82, 2.24) is 4.98 Å². The van der Waals surface area contributed by atoms with E-state index in [9.17, 15) is 8.42 Å². The van der Waals surface area contributed by atoms with Gasteiger partial charge in [-0.15, -0.1) is 0 Å². The smallest absolute Gasteiger partial charge is 0.239 e. The van der Waals surface area contributed by atoms with Gasteiger partial charge in [-0.1, -0.05) is 11.6 Å². The summed E-state index contributed by atoms with van der Waals surface area (Å²) in [5.41, 5.74) is 0. The highest BCUT2D eigenvalue weighted by Crippen LogP contribution is 2.24. The van der Waals surface area contributed by atoms with Gasteiger partial charge < -0.3 is 9.47 Å². The summed E-state index contributed by atoms with van der Waals surface area (Å²) in [4.78, 5) is 3.72. The zero-order valence-corrected chi connectivity index (χ0v) is 11.8. The van der Waals surface area contributed by atoms with Crippen molar-refractivity contribution >= 4 is 21.6 Å². The number of sulfonamides is 1. The summed E-state index contributed by atoms with van der Waals surface area (Å²) in [5, 5.41) is 5.10. The molecule has 8 heteroatoms. The van der Waals surface area contributed by atoms with E-state index in [1.54, 1.807) is 0 Å². The van der Waals surface area contributed by atoms with Gasteiger partial charge in [0.15, 0.2) is 0 Å². The zero-order chi connectivity index (χ0) is 13.9. The summed E-state index contributed by atoms with van der Waals surface area (Å²) >= 11 is 5.89. The lowest BCUT2D eigenvalue weighted by molar-refractivity contribution is 0.0897. The van der Waals surface area contributed by atoms with Crippen molar-refractivity contribution < 1.29 is 17.9 Å². The van der Waals surface area contributed by atoms with Crippen LogP contribution in [0.3, 0.4) is 0 Å². The molecule has 0 unspecified atom stereocenters. The third kappa shape index (κ3) is 4.04. The minimum atomic E-state index is -3.80. The Bertz CT molecular complexity index is 544. The summed E-state index contributed by atoms with van der Waals surface area (Å²) in [6.45, 7) is 1.22. The Balaban J connectivity index is 1.93. The topological polar surface area (TPSA) is 91.5 Å². The zero-order valence-electron chi connectivity index (χ0n) is 10.2. The van der Waals surface area contributed by atoms with Crippen LogP contribution in [0.5, 0.6) is 5.88 Å². The molecular weight excluding hydrogens is 292 g/mol. The summed E-state index contributed by atoms with van der Waals surface area (Å²) < 4.78 is 33.1. The van der Waals surface area contributed by atoms with Gasteiger partial charge in [0.1, 0.15) is 9.92 Å². The molecule has 19 heavy (non-hydrogen) atoms. The van der Waals surface area contributed by atoms with Gasteiger partial charge in [0.2, 0.25) is 15.9 Å². The number of hydrogen-bond donors (Lipinski definition) is 1. The highest BCUT2D eigenvalue weighted by molar-refractivity contribution is 7.89. The predicted octanol–water partition coefficient (Wildman–Crippen LogP) is 1.33. The van der Waals surface area contributed by atoms with Crippen molar-refractivity contribution in [3.05, 3.63) is 17.3 Å². The Hall–Kier alpha value is -0.890. The molecule has 0 bridgehead atoms. The fourth-order valence-corrected chi connectivity index (χ4v) is 2.60. The van der Waals surface area contributed by atoms with Crippen LogP contribution < -0.4 is 9.88 Å². The summed E-state index contributed by atoms with van der Waals surface area (Å²) in [5.74, 6) is 0.201. The number of nitrogens with two attached hydrogens (primary N) is 1. The maximum atomic E-state index is 11.1. The second kappa shape index (κ2) is 6.04. The maximum Gasteiger partial charge on any atom is 0.239 e. The normalized spacial score (nSPS) is 19.6. The van der Waals surface area contributed by atoms with Crippen molar-refractivity contribution in [2.75, 3.05) is 13.2 Å². The molecule has 0 saturated carbocycles. The lowest BCUT2D eigenvalue weighted by atomic mass is 10.2. The predicted molar refractivity (Wildman–Crippen MR) is 69.7 cm³/mol. The first kappa shape index (κ1) is 14.5. The van der Waals surface area contributed by atoms with Crippen LogP contribution in [0.2, 0.25) is 5.02 Å². The molecular formula is C11H15ClN2O4S. The number of nitrogens with zero attached hydrogens (tertiary/aromatic N) is 1. The van der Waals surface area contributed by atoms with Crippen LogP contribution in [0.15, 0.2) is 17.2 Å². The van der Waals surface area contributed by atoms with Gasteiger partial charge >= 0.3 is 0 Å².